The Balaban J connectivity index is 1.56. The van der Waals surface area contributed by atoms with E-state index in [0.717, 1.165) is 5.56 Å². The zero-order valence-electron chi connectivity index (χ0n) is 16.2. The lowest BCUT2D eigenvalue weighted by molar-refractivity contribution is -0.118. The van der Waals surface area contributed by atoms with Crippen LogP contribution in [0, 0.1) is 0 Å². The molecule has 0 heterocycles. The molecule has 1 atom stereocenters. The minimum atomic E-state index is -3.70. The Labute approximate surface area is 180 Å². The maximum absolute atomic E-state index is 12.6. The van der Waals surface area contributed by atoms with Crippen molar-refractivity contribution >= 4 is 33.2 Å². The van der Waals surface area contributed by atoms with Crippen molar-refractivity contribution in [2.24, 2.45) is 0 Å². The highest BCUT2D eigenvalue weighted by atomic mass is 35.5. The number of carbonyl (C=O) groups is 1. The fourth-order valence-electron chi connectivity index (χ4n) is 2.74. The summed E-state index contributed by atoms with van der Waals surface area (Å²) in [7, 11) is -3.70. The molecule has 3 rings (SSSR count). The number of anilines is 1. The molecule has 0 aliphatic rings. The third-order valence-corrected chi connectivity index (χ3v) is 6.04. The van der Waals surface area contributed by atoms with Gasteiger partial charge in [-0.25, -0.2) is 13.1 Å². The smallest absolute Gasteiger partial charge is 0.262 e. The minimum absolute atomic E-state index is 0.112. The van der Waals surface area contributed by atoms with Gasteiger partial charge in [0.25, 0.3) is 5.91 Å². The van der Waals surface area contributed by atoms with Crippen molar-refractivity contribution in [2.75, 3.05) is 11.9 Å². The molecule has 30 heavy (non-hydrogen) atoms. The number of nitrogens with one attached hydrogen (secondary N) is 2. The van der Waals surface area contributed by atoms with Crippen molar-refractivity contribution in [2.45, 2.75) is 17.9 Å². The molecule has 8 heteroatoms. The molecule has 0 saturated heterocycles. The van der Waals surface area contributed by atoms with Gasteiger partial charge in [-0.1, -0.05) is 48.0 Å². The molecule has 0 aliphatic carbocycles. The van der Waals surface area contributed by atoms with Gasteiger partial charge in [-0.2, -0.15) is 0 Å². The van der Waals surface area contributed by atoms with Gasteiger partial charge in [0, 0.05) is 16.8 Å². The van der Waals surface area contributed by atoms with E-state index in [0.29, 0.717) is 16.5 Å². The van der Waals surface area contributed by atoms with E-state index < -0.39 is 10.0 Å². The maximum atomic E-state index is 12.6. The molecule has 0 unspecified atom stereocenters. The van der Waals surface area contributed by atoms with E-state index in [1.54, 1.807) is 31.2 Å². The maximum Gasteiger partial charge on any atom is 0.262 e. The molecule has 0 radical (unpaired) electrons. The molecular formula is C22H21ClN2O4S. The number of carbonyl (C=O) groups excluding carboxylic acids is 1. The average molecular weight is 445 g/mol. The van der Waals surface area contributed by atoms with E-state index in [9.17, 15) is 13.2 Å². The van der Waals surface area contributed by atoms with Crippen molar-refractivity contribution in [3.8, 4) is 5.75 Å². The van der Waals surface area contributed by atoms with E-state index >= 15 is 0 Å². The topological polar surface area (TPSA) is 84.5 Å². The monoisotopic (exact) mass is 444 g/mol. The van der Waals surface area contributed by atoms with Crippen LogP contribution in [0.25, 0.3) is 0 Å². The highest BCUT2D eigenvalue weighted by molar-refractivity contribution is 7.89. The fourth-order valence-corrected chi connectivity index (χ4v) is 4.16. The summed E-state index contributed by atoms with van der Waals surface area (Å²) in [4.78, 5) is 12.1. The lowest BCUT2D eigenvalue weighted by Crippen LogP contribution is -2.26. The predicted octanol–water partition coefficient (Wildman–Crippen LogP) is 4.40. The molecule has 0 fully saturated rings. The third-order valence-electron chi connectivity index (χ3n) is 4.24. The second-order valence-corrected chi connectivity index (χ2v) is 8.72. The van der Waals surface area contributed by atoms with Gasteiger partial charge in [-0.3, -0.25) is 4.79 Å². The first kappa shape index (κ1) is 21.8. The van der Waals surface area contributed by atoms with E-state index in [4.69, 9.17) is 16.3 Å². The van der Waals surface area contributed by atoms with Gasteiger partial charge in [0.1, 0.15) is 5.75 Å². The Morgan fingerprint density at radius 1 is 1.00 bits per heavy atom. The van der Waals surface area contributed by atoms with Crippen LogP contribution in [0.3, 0.4) is 0 Å². The molecule has 0 bridgehead atoms. The molecular weight excluding hydrogens is 424 g/mol. The van der Waals surface area contributed by atoms with E-state index in [-0.39, 0.29) is 23.5 Å². The predicted molar refractivity (Wildman–Crippen MR) is 117 cm³/mol. The molecule has 0 aliphatic heterocycles. The van der Waals surface area contributed by atoms with Gasteiger partial charge < -0.3 is 10.1 Å². The molecule has 0 aromatic heterocycles. The quantitative estimate of drug-likeness (QED) is 0.539. The van der Waals surface area contributed by atoms with Gasteiger partial charge in [0.05, 0.1) is 4.90 Å². The fraction of sp³-hybridized carbons (Fsp3) is 0.136. The van der Waals surface area contributed by atoms with Crippen molar-refractivity contribution in [3.63, 3.8) is 0 Å². The Morgan fingerprint density at radius 2 is 1.70 bits per heavy atom. The largest absolute Gasteiger partial charge is 0.484 e. The number of ether oxygens (including phenoxy) is 1. The molecule has 2 N–H and O–H groups in total. The van der Waals surface area contributed by atoms with Gasteiger partial charge in [0.2, 0.25) is 10.0 Å². The van der Waals surface area contributed by atoms with Crippen LogP contribution >= 0.6 is 11.6 Å². The number of amides is 1. The highest BCUT2D eigenvalue weighted by Crippen LogP contribution is 2.20. The molecule has 3 aromatic carbocycles. The lowest BCUT2D eigenvalue weighted by Gasteiger charge is -2.15. The zero-order valence-corrected chi connectivity index (χ0v) is 17.8. The number of hydrogen-bond acceptors (Lipinski definition) is 4. The van der Waals surface area contributed by atoms with Crippen LogP contribution in [-0.2, 0) is 14.8 Å². The van der Waals surface area contributed by atoms with E-state index in [2.05, 4.69) is 10.0 Å². The molecule has 0 saturated carbocycles. The van der Waals surface area contributed by atoms with Crippen LogP contribution in [-0.4, -0.2) is 20.9 Å². The van der Waals surface area contributed by atoms with Gasteiger partial charge in [0.15, 0.2) is 6.61 Å². The van der Waals surface area contributed by atoms with Crippen molar-refractivity contribution in [3.05, 3.63) is 89.4 Å². The second kappa shape index (κ2) is 9.75. The van der Waals surface area contributed by atoms with Crippen molar-refractivity contribution in [1.29, 1.82) is 0 Å². The zero-order chi connectivity index (χ0) is 21.6. The minimum Gasteiger partial charge on any atom is -0.484 e. The van der Waals surface area contributed by atoms with Gasteiger partial charge >= 0.3 is 0 Å². The van der Waals surface area contributed by atoms with Crippen molar-refractivity contribution in [1.82, 2.24) is 4.72 Å². The molecule has 3 aromatic rings. The van der Waals surface area contributed by atoms with Crippen molar-refractivity contribution < 1.29 is 17.9 Å². The first-order valence-electron chi connectivity index (χ1n) is 9.19. The summed E-state index contributed by atoms with van der Waals surface area (Å²) in [5.74, 6) is 0.0265. The summed E-state index contributed by atoms with van der Waals surface area (Å²) in [5, 5.41) is 3.19. The second-order valence-electron chi connectivity index (χ2n) is 6.57. The van der Waals surface area contributed by atoms with Gasteiger partial charge in [-0.15, -0.1) is 0 Å². The first-order chi connectivity index (χ1) is 14.3. The lowest BCUT2D eigenvalue weighted by atomic mass is 10.1. The van der Waals surface area contributed by atoms with Crippen LogP contribution in [0.15, 0.2) is 83.8 Å². The van der Waals surface area contributed by atoms with Crippen LogP contribution in [0.4, 0.5) is 5.69 Å². The van der Waals surface area contributed by atoms with Gasteiger partial charge in [-0.05, 0) is 55.0 Å². The average Bonchev–Trinajstić information content (AvgIpc) is 2.73. The number of hydrogen-bond donors (Lipinski definition) is 2. The molecule has 1 amide bonds. The van der Waals surface area contributed by atoms with Crippen LogP contribution in [0.1, 0.15) is 18.5 Å². The number of benzene rings is 3. The first-order valence-corrected chi connectivity index (χ1v) is 11.1. The molecule has 0 spiro atoms. The van der Waals surface area contributed by atoms with Crippen LogP contribution < -0.4 is 14.8 Å². The summed E-state index contributed by atoms with van der Waals surface area (Å²) >= 11 is 5.88. The standard InChI is InChI=1S/C22H21ClN2O4S/c1-16(17-6-3-2-4-7-17)25-30(27,28)21-12-10-20(11-13-21)29-15-22(26)24-19-9-5-8-18(23)14-19/h2-14,16,25H,15H2,1H3,(H,24,26)/t16-/m1/s1. The van der Waals surface area contributed by atoms with Crippen LogP contribution in [0.2, 0.25) is 5.02 Å². The van der Waals surface area contributed by atoms with Crippen LogP contribution in [0.5, 0.6) is 5.75 Å². The summed E-state index contributed by atoms with van der Waals surface area (Å²) in [5.41, 5.74) is 1.43. The summed E-state index contributed by atoms with van der Waals surface area (Å²) in [6.07, 6.45) is 0. The summed E-state index contributed by atoms with van der Waals surface area (Å²) < 4.78 is 33.3. The number of rotatable bonds is 8. The summed E-state index contributed by atoms with van der Waals surface area (Å²) in [6, 6.07) is 21.6. The number of sulfonamides is 1. The molecule has 6 nitrogen and oxygen atoms in total. The Bertz CT molecular complexity index is 1100. The summed E-state index contributed by atoms with van der Waals surface area (Å²) in [6.45, 7) is 1.56. The number of halogens is 1. The van der Waals surface area contributed by atoms with E-state index in [1.165, 1.54) is 24.3 Å². The third kappa shape index (κ3) is 6.06. The Hall–Kier alpha value is -2.87. The molecule has 156 valence electrons. The SMILES string of the molecule is C[C@@H](NS(=O)(=O)c1ccc(OCC(=O)Nc2cccc(Cl)c2)cc1)c1ccccc1. The van der Waals surface area contributed by atoms with E-state index in [1.807, 2.05) is 30.3 Å². The Morgan fingerprint density at radius 3 is 2.37 bits per heavy atom. The normalized spacial score (nSPS) is 12.2. The Kier molecular flexibility index (Phi) is 7.10. The highest BCUT2D eigenvalue weighted by Gasteiger charge is 2.18.